The van der Waals surface area contributed by atoms with Gasteiger partial charge in [-0.25, -0.2) is 22.6 Å². The summed E-state index contributed by atoms with van der Waals surface area (Å²) in [6.45, 7) is 0.524. The minimum atomic E-state index is -3.74. The van der Waals surface area contributed by atoms with Crippen LogP contribution in [0.2, 0.25) is 0 Å². The molecular formula is C19H19FN4O4S. The predicted molar refractivity (Wildman–Crippen MR) is 105 cm³/mol. The third kappa shape index (κ3) is 3.18. The molecule has 10 heteroatoms. The van der Waals surface area contributed by atoms with Crippen molar-refractivity contribution < 1.29 is 12.8 Å². The number of hydrogen-bond acceptors (Lipinski definition) is 5. The number of aromatic nitrogens is 3. The molecule has 0 spiro atoms. The van der Waals surface area contributed by atoms with E-state index >= 15 is 0 Å². The van der Waals surface area contributed by atoms with Crippen molar-refractivity contribution in [3.05, 3.63) is 68.7 Å². The summed E-state index contributed by atoms with van der Waals surface area (Å²) in [4.78, 5) is 29.0. The number of aryl methyl sites for hydroxylation is 1. The summed E-state index contributed by atoms with van der Waals surface area (Å²) < 4.78 is 42.4. The molecule has 0 N–H and O–H groups in total. The van der Waals surface area contributed by atoms with Crippen molar-refractivity contribution in [2.24, 2.45) is 14.1 Å². The van der Waals surface area contributed by atoms with Crippen molar-refractivity contribution in [3.63, 3.8) is 0 Å². The largest absolute Gasteiger partial charge is 0.332 e. The molecule has 0 amide bonds. The second-order valence-corrected chi connectivity index (χ2v) is 9.05. The Morgan fingerprint density at radius 1 is 1.03 bits per heavy atom. The molecule has 2 aromatic heterocycles. The van der Waals surface area contributed by atoms with Gasteiger partial charge in [0, 0.05) is 38.8 Å². The fourth-order valence-corrected chi connectivity index (χ4v) is 5.14. The first kappa shape index (κ1) is 19.5. The minimum absolute atomic E-state index is 0.0388. The van der Waals surface area contributed by atoms with E-state index in [-0.39, 0.29) is 23.0 Å². The Balaban J connectivity index is 1.67. The average Bonchev–Trinajstić information content (AvgIpc) is 3.22. The van der Waals surface area contributed by atoms with E-state index in [1.807, 2.05) is 0 Å². The first-order valence-corrected chi connectivity index (χ1v) is 10.5. The fourth-order valence-electron chi connectivity index (χ4n) is 3.64. The molecule has 1 atom stereocenters. The number of hydrogen-bond donors (Lipinski definition) is 0. The first-order valence-electron chi connectivity index (χ1n) is 9.02. The van der Waals surface area contributed by atoms with Crippen LogP contribution >= 0.6 is 0 Å². The molecule has 1 aliphatic heterocycles. The Kier molecular flexibility index (Phi) is 4.62. The number of sulfonamides is 1. The lowest BCUT2D eigenvalue weighted by atomic mass is 10.0. The van der Waals surface area contributed by atoms with E-state index in [1.54, 1.807) is 19.2 Å². The summed E-state index contributed by atoms with van der Waals surface area (Å²) in [7, 11) is -0.783. The molecule has 8 nitrogen and oxygen atoms in total. The molecule has 1 saturated heterocycles. The maximum absolute atomic E-state index is 13.1. The van der Waals surface area contributed by atoms with Gasteiger partial charge in [-0.2, -0.15) is 4.31 Å². The maximum Gasteiger partial charge on any atom is 0.332 e. The lowest BCUT2D eigenvalue weighted by Crippen LogP contribution is -2.37. The summed E-state index contributed by atoms with van der Waals surface area (Å²) in [5.74, 6) is -0.672. The monoisotopic (exact) mass is 418 g/mol. The number of halogens is 1. The lowest BCUT2D eigenvalue weighted by molar-refractivity contribution is 0.472. The summed E-state index contributed by atoms with van der Waals surface area (Å²) in [6, 6.07) is 8.05. The Morgan fingerprint density at radius 3 is 2.41 bits per heavy atom. The summed E-state index contributed by atoms with van der Waals surface area (Å²) in [6.07, 6.45) is 0.553. The Morgan fingerprint density at radius 2 is 1.72 bits per heavy atom. The summed E-state index contributed by atoms with van der Waals surface area (Å²) >= 11 is 0. The highest BCUT2D eigenvalue weighted by Crippen LogP contribution is 2.30. The number of rotatable bonds is 3. The van der Waals surface area contributed by atoms with Gasteiger partial charge in [-0.1, -0.05) is 0 Å². The topological polar surface area (TPSA) is 94.3 Å². The first-order chi connectivity index (χ1) is 13.7. The van der Waals surface area contributed by atoms with E-state index in [0.717, 1.165) is 16.7 Å². The van der Waals surface area contributed by atoms with Crippen LogP contribution in [0.1, 0.15) is 18.0 Å². The molecule has 0 aliphatic carbocycles. The van der Waals surface area contributed by atoms with E-state index in [9.17, 15) is 22.4 Å². The molecule has 29 heavy (non-hydrogen) atoms. The van der Waals surface area contributed by atoms with Gasteiger partial charge in [-0.15, -0.1) is 0 Å². The van der Waals surface area contributed by atoms with Gasteiger partial charge in [0.2, 0.25) is 10.0 Å². The molecule has 3 heterocycles. The second kappa shape index (κ2) is 6.89. The molecule has 0 bridgehead atoms. The summed E-state index contributed by atoms with van der Waals surface area (Å²) in [5, 5.41) is 0.326. The van der Waals surface area contributed by atoms with Crippen molar-refractivity contribution in [2.75, 3.05) is 13.1 Å². The second-order valence-electron chi connectivity index (χ2n) is 7.12. The quantitative estimate of drug-likeness (QED) is 0.631. The van der Waals surface area contributed by atoms with Crippen LogP contribution in [-0.4, -0.2) is 39.9 Å². The van der Waals surface area contributed by atoms with Gasteiger partial charge >= 0.3 is 5.69 Å². The van der Waals surface area contributed by atoms with Crippen molar-refractivity contribution in [3.8, 4) is 0 Å². The molecule has 1 fully saturated rings. The van der Waals surface area contributed by atoms with Crippen LogP contribution < -0.4 is 11.2 Å². The van der Waals surface area contributed by atoms with Crippen LogP contribution in [0.15, 0.2) is 50.9 Å². The third-order valence-electron chi connectivity index (χ3n) is 5.34. The third-order valence-corrected chi connectivity index (χ3v) is 7.22. The van der Waals surface area contributed by atoms with Crippen molar-refractivity contribution >= 4 is 21.1 Å². The average molecular weight is 418 g/mol. The van der Waals surface area contributed by atoms with E-state index in [0.29, 0.717) is 24.0 Å². The smallest absolute Gasteiger partial charge is 0.280 e. The zero-order valence-corrected chi connectivity index (χ0v) is 16.7. The number of pyridine rings is 1. The van der Waals surface area contributed by atoms with Crippen molar-refractivity contribution in [1.82, 2.24) is 18.4 Å². The molecule has 0 unspecified atom stereocenters. The van der Waals surface area contributed by atoms with E-state index < -0.39 is 27.1 Å². The van der Waals surface area contributed by atoms with Crippen LogP contribution in [0.3, 0.4) is 0 Å². The van der Waals surface area contributed by atoms with E-state index in [2.05, 4.69) is 4.98 Å². The van der Waals surface area contributed by atoms with Gasteiger partial charge in [-0.05, 0) is 42.8 Å². The highest BCUT2D eigenvalue weighted by Gasteiger charge is 2.34. The zero-order valence-electron chi connectivity index (χ0n) is 15.9. The molecule has 3 aromatic rings. The fraction of sp³-hybridized carbons (Fsp3) is 0.316. The Hall–Kier alpha value is -2.85. The Bertz CT molecular complexity index is 1330. The normalized spacial score (nSPS) is 17.8. The highest BCUT2D eigenvalue weighted by molar-refractivity contribution is 7.89. The van der Waals surface area contributed by atoms with Gasteiger partial charge in [0.1, 0.15) is 11.5 Å². The van der Waals surface area contributed by atoms with E-state index in [4.69, 9.17) is 0 Å². The van der Waals surface area contributed by atoms with Gasteiger partial charge in [0.05, 0.1) is 10.3 Å². The van der Waals surface area contributed by atoms with Gasteiger partial charge in [0.25, 0.3) is 5.56 Å². The lowest BCUT2D eigenvalue weighted by Gasteiger charge is -2.17. The van der Waals surface area contributed by atoms with Crippen molar-refractivity contribution in [1.29, 1.82) is 0 Å². The SMILES string of the molecule is Cn1c(=O)c2ccc([C@H]3CCN(S(=O)(=O)c4ccc(F)cc4)C3)nc2n(C)c1=O. The number of fused-ring (bicyclic) bond motifs is 1. The van der Waals surface area contributed by atoms with Gasteiger partial charge in [-0.3, -0.25) is 13.9 Å². The maximum atomic E-state index is 13.1. The van der Waals surface area contributed by atoms with Crippen LogP contribution in [0.5, 0.6) is 0 Å². The molecule has 1 aromatic carbocycles. The van der Waals surface area contributed by atoms with Crippen LogP contribution in [0, 0.1) is 5.82 Å². The van der Waals surface area contributed by atoms with Crippen LogP contribution in [-0.2, 0) is 24.1 Å². The van der Waals surface area contributed by atoms with Crippen molar-refractivity contribution in [2.45, 2.75) is 17.2 Å². The molecular weight excluding hydrogens is 399 g/mol. The predicted octanol–water partition coefficient (Wildman–Crippen LogP) is 0.950. The minimum Gasteiger partial charge on any atom is -0.280 e. The van der Waals surface area contributed by atoms with Gasteiger partial charge in [0.15, 0.2) is 0 Å². The molecule has 152 valence electrons. The highest BCUT2D eigenvalue weighted by atomic mass is 32.2. The molecule has 1 aliphatic rings. The van der Waals surface area contributed by atoms with Gasteiger partial charge < -0.3 is 0 Å². The van der Waals surface area contributed by atoms with Crippen LogP contribution in [0.25, 0.3) is 11.0 Å². The summed E-state index contributed by atoms with van der Waals surface area (Å²) in [5.41, 5.74) is 0.00109. The molecule has 0 saturated carbocycles. The standard InChI is InChI=1S/C19H19FN4O4S/c1-22-17-15(18(25)23(2)19(22)26)7-8-16(21-17)12-9-10-24(11-12)29(27,28)14-5-3-13(20)4-6-14/h3-8,12H,9-11H2,1-2H3/t12-/m0/s1. The molecule has 4 rings (SSSR count). The number of nitrogens with zero attached hydrogens (tertiary/aromatic N) is 4. The zero-order chi connectivity index (χ0) is 20.9. The Labute approximate surface area is 165 Å². The number of benzene rings is 1. The van der Waals surface area contributed by atoms with Crippen LogP contribution in [0.4, 0.5) is 4.39 Å². The van der Waals surface area contributed by atoms with E-state index in [1.165, 1.54) is 28.1 Å². The molecule has 0 radical (unpaired) electrons.